The number of hydrogen-bond acceptors (Lipinski definition) is 4. The summed E-state index contributed by atoms with van der Waals surface area (Å²) in [6.45, 7) is 5.07. The Morgan fingerprint density at radius 2 is 2.05 bits per heavy atom. The van der Waals surface area contributed by atoms with Gasteiger partial charge in [-0.15, -0.1) is 11.3 Å². The van der Waals surface area contributed by atoms with Gasteiger partial charge in [0.2, 0.25) is 0 Å². The van der Waals surface area contributed by atoms with Crippen LogP contribution in [-0.2, 0) is 4.74 Å². The van der Waals surface area contributed by atoms with E-state index in [0.717, 1.165) is 17.4 Å². The van der Waals surface area contributed by atoms with E-state index in [1.54, 1.807) is 20.8 Å². The van der Waals surface area contributed by atoms with E-state index >= 15 is 0 Å². The van der Waals surface area contributed by atoms with Gasteiger partial charge in [0.05, 0.1) is 14.7 Å². The van der Waals surface area contributed by atoms with Crippen LogP contribution in [-0.4, -0.2) is 11.7 Å². The Labute approximate surface area is 137 Å². The van der Waals surface area contributed by atoms with Crippen molar-refractivity contribution in [1.82, 2.24) is 0 Å². The number of nitriles is 1. The number of halogens is 3. The number of hydrogen-bond donors (Lipinski definition) is 1. The largest absolute Gasteiger partial charge is 0.444 e. The Hall–Kier alpha value is -1.72. The fourth-order valence-electron chi connectivity index (χ4n) is 1.76. The molecule has 4 nitrogen and oxygen atoms in total. The fourth-order valence-corrected chi connectivity index (χ4v) is 3.45. The van der Waals surface area contributed by atoms with Gasteiger partial charge in [-0.25, -0.2) is 13.6 Å². The van der Waals surface area contributed by atoms with Crippen molar-refractivity contribution in [1.29, 1.82) is 5.26 Å². The lowest BCUT2D eigenvalue weighted by atomic mass is 10.1. The molecule has 2 rings (SSSR count). The Morgan fingerprint density at radius 3 is 2.59 bits per heavy atom. The summed E-state index contributed by atoms with van der Waals surface area (Å²) in [5.41, 5.74) is -0.734. The van der Waals surface area contributed by atoms with Crippen LogP contribution in [0.25, 0.3) is 10.1 Å². The molecule has 1 N–H and O–H groups in total. The first kappa shape index (κ1) is 16.6. The molecule has 0 saturated heterocycles. The number of carbonyl (C=O) groups excluding carboxylic acids is 1. The lowest BCUT2D eigenvalue weighted by Crippen LogP contribution is -2.27. The third-order valence-corrected chi connectivity index (χ3v) is 4.42. The zero-order valence-corrected chi connectivity index (χ0v) is 14.3. The summed E-state index contributed by atoms with van der Waals surface area (Å²) in [6.07, 6.45) is -0.771. The standard InChI is InChI=1S/C14H11BrF2N2O2S/c1-14(2,3)21-13(20)19-12-6(5-18)9-10(15)7(16)4-8(17)11(9)22-12/h4H,1-3H3,(H,19,20). The Kier molecular flexibility index (Phi) is 4.40. The highest BCUT2D eigenvalue weighted by Gasteiger charge is 2.23. The van der Waals surface area contributed by atoms with Crippen LogP contribution in [0.1, 0.15) is 26.3 Å². The number of fused-ring (bicyclic) bond motifs is 1. The molecule has 0 aliphatic heterocycles. The molecule has 0 spiro atoms. The summed E-state index contributed by atoms with van der Waals surface area (Å²) in [6, 6.07) is 2.58. The van der Waals surface area contributed by atoms with Gasteiger partial charge in [-0.1, -0.05) is 0 Å². The van der Waals surface area contributed by atoms with Crippen molar-refractivity contribution in [2.45, 2.75) is 26.4 Å². The molecule has 22 heavy (non-hydrogen) atoms. The van der Waals surface area contributed by atoms with Gasteiger partial charge in [-0.2, -0.15) is 5.26 Å². The first-order chi connectivity index (χ1) is 10.1. The normalized spacial score (nSPS) is 11.3. The monoisotopic (exact) mass is 388 g/mol. The first-order valence-corrected chi connectivity index (χ1v) is 7.75. The molecule has 2 aromatic rings. The maximum absolute atomic E-state index is 13.9. The Morgan fingerprint density at radius 1 is 1.41 bits per heavy atom. The van der Waals surface area contributed by atoms with Crippen molar-refractivity contribution < 1.29 is 18.3 Å². The predicted octanol–water partition coefficient (Wildman–Crippen LogP) is 5.16. The predicted molar refractivity (Wildman–Crippen MR) is 84.0 cm³/mol. The maximum atomic E-state index is 13.9. The van der Waals surface area contributed by atoms with Crippen LogP contribution in [0.5, 0.6) is 0 Å². The van der Waals surface area contributed by atoms with Crippen molar-refractivity contribution in [3.8, 4) is 6.07 Å². The molecule has 0 aliphatic rings. The number of rotatable bonds is 1. The minimum absolute atomic E-state index is 0.0175. The van der Waals surface area contributed by atoms with Crippen LogP contribution in [0.4, 0.5) is 18.6 Å². The van der Waals surface area contributed by atoms with Gasteiger partial charge >= 0.3 is 6.09 Å². The van der Waals surface area contributed by atoms with Crippen molar-refractivity contribution >= 4 is 48.4 Å². The van der Waals surface area contributed by atoms with Gasteiger partial charge in [0.25, 0.3) is 0 Å². The van der Waals surface area contributed by atoms with Gasteiger partial charge in [0, 0.05) is 11.5 Å². The summed E-state index contributed by atoms with van der Waals surface area (Å²) in [7, 11) is 0. The number of nitrogens with zero attached hydrogens (tertiary/aromatic N) is 1. The quantitative estimate of drug-likeness (QED) is 0.686. The number of carbonyl (C=O) groups is 1. The number of anilines is 1. The van der Waals surface area contributed by atoms with Crippen molar-refractivity contribution in [3.63, 3.8) is 0 Å². The molecular formula is C14H11BrF2N2O2S. The lowest BCUT2D eigenvalue weighted by Gasteiger charge is -2.19. The second-order valence-electron chi connectivity index (χ2n) is 5.40. The average Bonchev–Trinajstić information content (AvgIpc) is 2.72. The molecule has 8 heteroatoms. The molecule has 1 aromatic carbocycles. The third kappa shape index (κ3) is 3.20. The molecular weight excluding hydrogens is 378 g/mol. The summed E-state index contributed by atoms with van der Waals surface area (Å²) in [5, 5.41) is 11.9. The number of ether oxygens (including phenoxy) is 1. The molecule has 116 valence electrons. The van der Waals surface area contributed by atoms with E-state index in [1.165, 1.54) is 0 Å². The van der Waals surface area contributed by atoms with Crippen molar-refractivity contribution in [2.24, 2.45) is 0 Å². The van der Waals surface area contributed by atoms with Gasteiger partial charge in [-0.3, -0.25) is 5.32 Å². The van der Waals surface area contributed by atoms with Crippen molar-refractivity contribution in [2.75, 3.05) is 5.32 Å². The van der Waals surface area contributed by atoms with Crippen LogP contribution in [0.3, 0.4) is 0 Å². The van der Waals surface area contributed by atoms with Crippen LogP contribution in [0, 0.1) is 23.0 Å². The van der Waals surface area contributed by atoms with Crippen LogP contribution in [0.15, 0.2) is 10.5 Å². The summed E-state index contributed by atoms with van der Waals surface area (Å²) < 4.78 is 32.6. The van der Waals surface area contributed by atoms with E-state index in [-0.39, 0.29) is 25.1 Å². The molecule has 0 aliphatic carbocycles. The minimum atomic E-state index is -0.817. The maximum Gasteiger partial charge on any atom is 0.412 e. The highest BCUT2D eigenvalue weighted by Crippen LogP contribution is 2.41. The van der Waals surface area contributed by atoms with Gasteiger partial charge in [0.1, 0.15) is 28.3 Å². The molecule has 0 saturated carbocycles. The van der Waals surface area contributed by atoms with Crippen LogP contribution < -0.4 is 5.32 Å². The molecule has 0 unspecified atom stereocenters. The Balaban J connectivity index is 2.53. The van der Waals surface area contributed by atoms with E-state index < -0.39 is 23.3 Å². The summed E-state index contributed by atoms with van der Waals surface area (Å²) >= 11 is 3.85. The van der Waals surface area contributed by atoms with E-state index in [9.17, 15) is 18.8 Å². The second-order valence-corrected chi connectivity index (χ2v) is 7.22. The van der Waals surface area contributed by atoms with E-state index in [4.69, 9.17) is 4.74 Å². The van der Waals surface area contributed by atoms with Crippen LogP contribution in [0.2, 0.25) is 0 Å². The average molecular weight is 389 g/mol. The molecule has 0 bridgehead atoms. The van der Waals surface area contributed by atoms with Gasteiger partial charge < -0.3 is 4.74 Å². The fraction of sp³-hybridized carbons (Fsp3) is 0.286. The highest BCUT2D eigenvalue weighted by molar-refractivity contribution is 9.10. The van der Waals surface area contributed by atoms with E-state index in [2.05, 4.69) is 21.2 Å². The molecule has 0 atom stereocenters. The third-order valence-electron chi connectivity index (χ3n) is 2.53. The number of nitrogens with one attached hydrogen (secondary N) is 1. The second kappa shape index (κ2) is 5.82. The number of benzene rings is 1. The molecule has 0 radical (unpaired) electrons. The molecule has 1 aromatic heterocycles. The van der Waals surface area contributed by atoms with Gasteiger partial charge in [-0.05, 0) is 36.7 Å². The minimum Gasteiger partial charge on any atom is -0.444 e. The van der Waals surface area contributed by atoms with E-state index in [1.807, 2.05) is 6.07 Å². The smallest absolute Gasteiger partial charge is 0.412 e. The molecule has 0 fully saturated rings. The topological polar surface area (TPSA) is 62.1 Å². The zero-order chi connectivity index (χ0) is 16.7. The molecule has 1 amide bonds. The first-order valence-electron chi connectivity index (χ1n) is 6.14. The number of thiophene rings is 1. The zero-order valence-electron chi connectivity index (χ0n) is 11.9. The van der Waals surface area contributed by atoms with Crippen LogP contribution >= 0.6 is 27.3 Å². The van der Waals surface area contributed by atoms with Crippen molar-refractivity contribution in [3.05, 3.63) is 27.7 Å². The van der Waals surface area contributed by atoms with E-state index in [0.29, 0.717) is 0 Å². The lowest BCUT2D eigenvalue weighted by molar-refractivity contribution is 0.0636. The Bertz CT molecular complexity index is 806. The highest BCUT2D eigenvalue weighted by atomic mass is 79.9. The number of amides is 1. The summed E-state index contributed by atoms with van der Waals surface area (Å²) in [4.78, 5) is 11.8. The molecule has 1 heterocycles. The van der Waals surface area contributed by atoms with Gasteiger partial charge in [0.15, 0.2) is 0 Å². The summed E-state index contributed by atoms with van der Waals surface area (Å²) in [5.74, 6) is -1.61. The SMILES string of the molecule is CC(C)(C)OC(=O)Nc1sc2c(F)cc(F)c(Br)c2c1C#N.